The predicted octanol–water partition coefficient (Wildman–Crippen LogP) is 4.52. The molecule has 0 radical (unpaired) electrons. The van der Waals surface area contributed by atoms with Crippen molar-refractivity contribution < 1.29 is 24.3 Å². The van der Waals surface area contributed by atoms with E-state index < -0.39 is 53.8 Å². The number of nitrogens with zero attached hydrogens (tertiary/aromatic N) is 1. The molecule has 4 rings (SSSR count). The van der Waals surface area contributed by atoms with Gasteiger partial charge in [-0.25, -0.2) is 4.90 Å². The first kappa shape index (κ1) is 37.3. The Morgan fingerprint density at radius 3 is 1.76 bits per heavy atom. The second-order valence-corrected chi connectivity index (χ2v) is 13.8. The van der Waals surface area contributed by atoms with E-state index in [1.54, 1.807) is 41.8 Å². The van der Waals surface area contributed by atoms with Gasteiger partial charge in [0.1, 0.15) is 6.04 Å². The molecule has 49 heavy (non-hydrogen) atoms. The monoisotopic (exact) mass is 682 g/mol. The van der Waals surface area contributed by atoms with Crippen LogP contribution in [0.1, 0.15) is 53.1 Å². The quantitative estimate of drug-likeness (QED) is 0.135. The van der Waals surface area contributed by atoms with Crippen molar-refractivity contribution in [2.24, 2.45) is 23.3 Å². The first-order valence-corrected chi connectivity index (χ1v) is 17.5. The molecule has 4 amide bonds. The van der Waals surface area contributed by atoms with Gasteiger partial charge < -0.3 is 21.9 Å². The molecule has 0 saturated heterocycles. The number of thiophene rings is 1. The van der Waals surface area contributed by atoms with Crippen molar-refractivity contribution in [2.45, 2.75) is 70.2 Å². The van der Waals surface area contributed by atoms with Gasteiger partial charge in [-0.1, -0.05) is 111 Å². The molecule has 0 saturated carbocycles. The van der Waals surface area contributed by atoms with E-state index in [-0.39, 0.29) is 30.1 Å². The van der Waals surface area contributed by atoms with Crippen molar-refractivity contribution in [1.82, 2.24) is 10.2 Å². The average molecular weight is 683 g/mol. The second kappa shape index (κ2) is 18.3. The third-order valence-electron chi connectivity index (χ3n) is 8.34. The highest BCUT2D eigenvalue weighted by Gasteiger charge is 2.40. The minimum Gasteiger partial charge on any atom is -0.391 e. The van der Waals surface area contributed by atoms with E-state index in [0.29, 0.717) is 17.7 Å². The number of rotatable bonds is 16. The highest BCUT2D eigenvalue weighted by atomic mass is 32.1. The molecular weight excluding hydrogens is 637 g/mol. The first-order valence-electron chi connectivity index (χ1n) is 16.6. The topological polar surface area (TPSA) is 156 Å². The van der Waals surface area contributed by atoms with Gasteiger partial charge in [0.25, 0.3) is 11.8 Å². The number of aliphatic hydroxyl groups excluding tert-OH is 1. The van der Waals surface area contributed by atoms with Gasteiger partial charge in [-0.2, -0.15) is 0 Å². The van der Waals surface area contributed by atoms with Crippen LogP contribution < -0.4 is 16.8 Å². The number of carbonyl (C=O) groups excluding carboxylic acids is 4. The lowest BCUT2D eigenvalue weighted by Gasteiger charge is -2.30. The summed E-state index contributed by atoms with van der Waals surface area (Å²) in [5, 5.41) is 15.8. The Balaban J connectivity index is 1.70. The van der Waals surface area contributed by atoms with Crippen molar-refractivity contribution in [2.75, 3.05) is 0 Å². The number of imide groups is 3. The van der Waals surface area contributed by atoms with Crippen LogP contribution >= 0.6 is 11.3 Å². The molecule has 3 aromatic carbocycles. The second-order valence-electron chi connectivity index (χ2n) is 12.8. The molecule has 0 spiro atoms. The lowest BCUT2D eigenvalue weighted by atomic mass is 9.88. The first-order chi connectivity index (χ1) is 23.5. The average Bonchev–Trinajstić information content (AvgIpc) is 3.64. The Kier molecular flexibility index (Phi) is 14.0. The van der Waals surface area contributed by atoms with Crippen molar-refractivity contribution >= 4 is 35.0 Å². The molecule has 1 heterocycles. The number of amides is 4. The third kappa shape index (κ3) is 11.0. The molecule has 0 aliphatic heterocycles. The summed E-state index contributed by atoms with van der Waals surface area (Å²) in [5.74, 6) is -3.88. The Labute approximate surface area is 292 Å². The van der Waals surface area contributed by atoms with E-state index in [1.807, 2.05) is 80.6 Å². The highest BCUT2D eigenvalue weighted by Crippen LogP contribution is 2.24. The summed E-state index contributed by atoms with van der Waals surface area (Å²) in [6.45, 7) is 3.87. The Bertz CT molecular complexity index is 1630. The molecule has 10 heteroatoms. The smallest absolute Gasteiger partial charge is 0.277 e. The van der Waals surface area contributed by atoms with Crippen molar-refractivity contribution in [1.29, 1.82) is 0 Å². The van der Waals surface area contributed by atoms with Crippen molar-refractivity contribution in [3.63, 3.8) is 0 Å². The van der Waals surface area contributed by atoms with E-state index in [0.717, 1.165) is 28.0 Å². The summed E-state index contributed by atoms with van der Waals surface area (Å²) >= 11 is 1.10. The lowest BCUT2D eigenvalue weighted by molar-refractivity contribution is -0.147. The minimum atomic E-state index is -1.27. The number of hydrogen-bond donors (Lipinski definition) is 4. The Morgan fingerprint density at radius 1 is 0.714 bits per heavy atom. The number of carbonyl (C=O) groups is 4. The minimum absolute atomic E-state index is 0.0231. The summed E-state index contributed by atoms with van der Waals surface area (Å²) in [6.07, 6.45) is -0.304. The normalized spacial score (nSPS) is 14.3. The maximum absolute atomic E-state index is 14.7. The molecule has 0 aliphatic carbocycles. The van der Waals surface area contributed by atoms with E-state index in [2.05, 4.69) is 5.32 Å². The van der Waals surface area contributed by atoms with Gasteiger partial charge >= 0.3 is 0 Å². The zero-order chi connectivity index (χ0) is 35.3. The van der Waals surface area contributed by atoms with E-state index in [1.165, 1.54) is 0 Å². The molecular formula is C39H46N4O5S. The fourth-order valence-corrected chi connectivity index (χ4v) is 6.41. The summed E-state index contributed by atoms with van der Waals surface area (Å²) < 4.78 is 0. The van der Waals surface area contributed by atoms with E-state index in [9.17, 15) is 24.3 Å². The van der Waals surface area contributed by atoms with Crippen molar-refractivity contribution in [3.8, 4) is 0 Å². The molecule has 0 fully saturated rings. The largest absolute Gasteiger partial charge is 0.391 e. The van der Waals surface area contributed by atoms with Gasteiger partial charge in [0, 0.05) is 18.4 Å². The van der Waals surface area contributed by atoms with Crippen LogP contribution in [0.4, 0.5) is 0 Å². The SMILES string of the molecule is CC(C)C[C@H](N)C(=O)N[C@@H](Cc1ccccc1)C(=O)N(C(=O)c1cccs1)C(=O)[C@H](Cc1ccccc1)C[C@H](O)[C@@H](N)Cc1ccccc1. The molecule has 0 unspecified atom stereocenters. The predicted molar refractivity (Wildman–Crippen MR) is 192 cm³/mol. The van der Waals surface area contributed by atoms with Crippen LogP contribution in [0.3, 0.4) is 0 Å². The lowest BCUT2D eigenvalue weighted by Crippen LogP contribution is -2.57. The number of nitrogens with two attached hydrogens (primary N) is 2. The third-order valence-corrected chi connectivity index (χ3v) is 9.20. The van der Waals surface area contributed by atoms with Gasteiger partial charge in [-0.05, 0) is 59.7 Å². The maximum Gasteiger partial charge on any atom is 0.277 e. The van der Waals surface area contributed by atoms with Crippen LogP contribution in [0.5, 0.6) is 0 Å². The summed E-state index contributed by atoms with van der Waals surface area (Å²) in [4.78, 5) is 57.5. The molecule has 0 bridgehead atoms. The van der Waals surface area contributed by atoms with E-state index in [4.69, 9.17) is 11.5 Å². The van der Waals surface area contributed by atoms with Gasteiger partial charge in [0.15, 0.2) is 0 Å². The molecule has 6 N–H and O–H groups in total. The van der Waals surface area contributed by atoms with Crippen LogP contribution in [0.2, 0.25) is 0 Å². The summed E-state index contributed by atoms with van der Waals surface area (Å²) in [7, 11) is 0. The molecule has 1 aromatic heterocycles. The molecule has 4 aromatic rings. The standard InChI is InChI=1S/C39H46N4O5S/c1-26(2)21-32(41)36(45)42-33(24-29-17-10-5-11-18-29)38(47)43(39(48)35-19-12-20-49-35)37(46)30(22-27-13-6-3-7-14-27)25-34(44)31(40)23-28-15-8-4-9-16-28/h3-20,26,30-34,44H,21-25,40-41H2,1-2H3,(H,42,45)/t30-,31+,32+,33+,34+/m1/s1. The molecule has 0 aliphatic rings. The number of nitrogens with one attached hydrogen (secondary N) is 1. The summed E-state index contributed by atoms with van der Waals surface area (Å²) in [5.41, 5.74) is 15.1. The van der Waals surface area contributed by atoms with Crippen LogP contribution in [-0.2, 0) is 33.6 Å². The van der Waals surface area contributed by atoms with Crippen LogP contribution in [0.25, 0.3) is 0 Å². The fraction of sp³-hybridized carbons (Fsp3) is 0.333. The van der Waals surface area contributed by atoms with Gasteiger partial charge in [-0.3, -0.25) is 19.2 Å². The zero-order valence-corrected chi connectivity index (χ0v) is 28.8. The highest BCUT2D eigenvalue weighted by molar-refractivity contribution is 7.12. The van der Waals surface area contributed by atoms with Gasteiger partial charge in [-0.15, -0.1) is 11.3 Å². The molecule has 5 atom stereocenters. The molecule has 9 nitrogen and oxygen atoms in total. The summed E-state index contributed by atoms with van der Waals surface area (Å²) in [6, 6.07) is 28.1. The Hall–Kier alpha value is -4.48. The van der Waals surface area contributed by atoms with Gasteiger partial charge in [0.05, 0.1) is 17.0 Å². The van der Waals surface area contributed by atoms with Crippen LogP contribution in [-0.4, -0.2) is 57.9 Å². The Morgan fingerprint density at radius 2 is 1.24 bits per heavy atom. The number of benzene rings is 3. The number of hydrogen-bond acceptors (Lipinski definition) is 8. The van der Waals surface area contributed by atoms with Crippen molar-refractivity contribution in [3.05, 3.63) is 130 Å². The van der Waals surface area contributed by atoms with Crippen LogP contribution in [0, 0.1) is 11.8 Å². The van der Waals surface area contributed by atoms with Gasteiger partial charge in [0.2, 0.25) is 11.8 Å². The van der Waals surface area contributed by atoms with Crippen LogP contribution in [0.15, 0.2) is 109 Å². The fourth-order valence-electron chi connectivity index (χ4n) is 5.76. The molecule has 258 valence electrons. The maximum atomic E-state index is 14.7. The zero-order valence-electron chi connectivity index (χ0n) is 28.0. The van der Waals surface area contributed by atoms with E-state index >= 15 is 0 Å². The number of aliphatic hydroxyl groups is 1.